The van der Waals surface area contributed by atoms with Crippen LogP contribution in [0, 0.1) is 0 Å². The molecule has 10 nitrogen and oxygen atoms in total. The van der Waals surface area contributed by atoms with E-state index in [1.165, 1.54) is 0 Å². The van der Waals surface area contributed by atoms with Crippen molar-refractivity contribution in [3.05, 3.63) is 71.8 Å². The van der Waals surface area contributed by atoms with E-state index in [1.54, 1.807) is 48.5 Å². The topological polar surface area (TPSA) is 129 Å². The maximum absolute atomic E-state index is 13.0. The van der Waals surface area contributed by atoms with Crippen LogP contribution in [0.3, 0.4) is 0 Å². The summed E-state index contributed by atoms with van der Waals surface area (Å²) in [7, 11) is -3.47. The minimum Gasteiger partial charge on any atom is -0.379 e. The maximum Gasteiger partial charge on any atom is 0.257 e. The fraction of sp³-hybridized carbons (Fsp3) is 0.259. The molecule has 1 fully saturated rings. The van der Waals surface area contributed by atoms with Gasteiger partial charge in [-0.05, 0) is 42.0 Å². The number of nitrogens with zero attached hydrogens (tertiary/aromatic N) is 1. The third-order valence-electron chi connectivity index (χ3n) is 6.41. The fourth-order valence-corrected chi connectivity index (χ4v) is 5.10. The highest BCUT2D eigenvalue weighted by atomic mass is 32.2. The van der Waals surface area contributed by atoms with Crippen LogP contribution in [-0.2, 0) is 14.8 Å². The van der Waals surface area contributed by atoms with Gasteiger partial charge in [0.25, 0.3) is 11.8 Å². The number of hydrogen-bond acceptors (Lipinski definition) is 7. The van der Waals surface area contributed by atoms with E-state index in [0.29, 0.717) is 59.2 Å². The first kappa shape index (κ1) is 25.7. The molecule has 38 heavy (non-hydrogen) atoms. The largest absolute Gasteiger partial charge is 0.379 e. The Morgan fingerprint density at radius 1 is 0.947 bits per heavy atom. The van der Waals surface area contributed by atoms with Gasteiger partial charge in [0.1, 0.15) is 0 Å². The highest BCUT2D eigenvalue weighted by Crippen LogP contribution is 2.37. The smallest absolute Gasteiger partial charge is 0.257 e. The molecule has 198 valence electrons. The van der Waals surface area contributed by atoms with Gasteiger partial charge >= 0.3 is 0 Å². The van der Waals surface area contributed by atoms with E-state index in [4.69, 9.17) is 4.74 Å². The van der Waals surface area contributed by atoms with E-state index in [0.717, 1.165) is 31.5 Å². The van der Waals surface area contributed by atoms with E-state index in [9.17, 15) is 18.0 Å². The van der Waals surface area contributed by atoms with Crippen LogP contribution in [0.1, 0.15) is 20.7 Å². The van der Waals surface area contributed by atoms with Gasteiger partial charge < -0.3 is 20.7 Å². The van der Waals surface area contributed by atoms with Crippen LogP contribution >= 0.6 is 0 Å². The van der Waals surface area contributed by atoms with E-state index in [2.05, 4.69) is 25.6 Å². The molecule has 3 aromatic rings. The van der Waals surface area contributed by atoms with Crippen LogP contribution in [0.5, 0.6) is 0 Å². The van der Waals surface area contributed by atoms with Crippen molar-refractivity contribution in [3.63, 3.8) is 0 Å². The van der Waals surface area contributed by atoms with Crippen molar-refractivity contribution in [2.45, 2.75) is 0 Å². The number of fused-ring (bicyclic) bond motifs is 2. The van der Waals surface area contributed by atoms with Crippen LogP contribution in [0.25, 0.3) is 11.1 Å². The average molecular weight is 536 g/mol. The van der Waals surface area contributed by atoms with Gasteiger partial charge in [-0.3, -0.25) is 19.2 Å². The Morgan fingerprint density at radius 3 is 2.53 bits per heavy atom. The number of carbonyl (C=O) groups excluding carboxylic acids is 2. The Balaban J connectivity index is 1.35. The summed E-state index contributed by atoms with van der Waals surface area (Å²) < 4.78 is 31.6. The van der Waals surface area contributed by atoms with Crippen molar-refractivity contribution in [3.8, 4) is 11.1 Å². The van der Waals surface area contributed by atoms with E-state index in [1.807, 2.05) is 12.1 Å². The first-order valence-corrected chi connectivity index (χ1v) is 14.2. The number of hydrogen-bond donors (Lipinski definition) is 4. The van der Waals surface area contributed by atoms with Crippen molar-refractivity contribution in [2.75, 3.05) is 61.0 Å². The standard InChI is InChI=1S/C27H29N5O5S/c1-38(35,36)31-22-5-3-2-4-20(22)18-6-8-21-24(16-18)29-23-9-7-19(17-25(23)30-27(21)34)26(33)28-10-11-32-12-14-37-15-13-32/h2-9,16-17,29,31H,10-15H2,1H3,(H,28,33)(H,30,34). The third kappa shape index (κ3) is 5.96. The molecule has 3 aromatic carbocycles. The molecule has 0 aromatic heterocycles. The van der Waals surface area contributed by atoms with Crippen molar-refractivity contribution >= 4 is 44.6 Å². The van der Waals surface area contributed by atoms with Gasteiger partial charge in [-0.1, -0.05) is 24.3 Å². The summed E-state index contributed by atoms with van der Waals surface area (Å²) in [6.07, 6.45) is 1.10. The molecule has 0 spiro atoms. The molecule has 2 heterocycles. The van der Waals surface area contributed by atoms with Crippen LogP contribution < -0.4 is 20.7 Å². The van der Waals surface area contributed by atoms with Crippen LogP contribution in [0.15, 0.2) is 60.7 Å². The van der Waals surface area contributed by atoms with Crippen molar-refractivity contribution in [1.29, 1.82) is 0 Å². The molecule has 2 aliphatic rings. The van der Waals surface area contributed by atoms with Gasteiger partial charge in [-0.25, -0.2) is 8.42 Å². The molecule has 0 unspecified atom stereocenters. The molecule has 0 atom stereocenters. The predicted molar refractivity (Wildman–Crippen MR) is 148 cm³/mol. The Kier molecular flexibility index (Phi) is 7.32. The number of rotatable bonds is 7. The molecule has 0 aliphatic carbocycles. The Morgan fingerprint density at radius 2 is 1.74 bits per heavy atom. The summed E-state index contributed by atoms with van der Waals surface area (Å²) >= 11 is 0. The summed E-state index contributed by atoms with van der Waals surface area (Å²) in [4.78, 5) is 28.0. The first-order valence-electron chi connectivity index (χ1n) is 12.3. The monoisotopic (exact) mass is 535 g/mol. The second-order valence-electron chi connectivity index (χ2n) is 9.23. The number of nitrogens with one attached hydrogen (secondary N) is 4. The SMILES string of the molecule is CS(=O)(=O)Nc1ccccc1-c1ccc2c(c1)Nc1ccc(C(=O)NCCN3CCOCC3)cc1NC2=O. The van der Waals surface area contributed by atoms with Gasteiger partial charge in [0, 0.05) is 37.3 Å². The van der Waals surface area contributed by atoms with Crippen LogP contribution in [0.4, 0.5) is 22.7 Å². The van der Waals surface area contributed by atoms with Gasteiger partial charge in [-0.2, -0.15) is 0 Å². The molecule has 0 saturated carbocycles. The Hall–Kier alpha value is -3.93. The molecule has 1 saturated heterocycles. The van der Waals surface area contributed by atoms with Gasteiger partial charge in [0.05, 0.1) is 47.8 Å². The molecule has 2 aliphatic heterocycles. The van der Waals surface area contributed by atoms with Gasteiger partial charge in [0.2, 0.25) is 10.0 Å². The predicted octanol–water partition coefficient (Wildman–Crippen LogP) is 3.10. The second kappa shape index (κ2) is 10.8. The number of amides is 2. The van der Waals surface area contributed by atoms with Crippen molar-refractivity contribution in [1.82, 2.24) is 10.2 Å². The molecule has 5 rings (SSSR count). The fourth-order valence-electron chi connectivity index (χ4n) is 4.52. The highest BCUT2D eigenvalue weighted by Gasteiger charge is 2.22. The lowest BCUT2D eigenvalue weighted by Crippen LogP contribution is -2.41. The van der Waals surface area contributed by atoms with Gasteiger partial charge in [-0.15, -0.1) is 0 Å². The first-order chi connectivity index (χ1) is 18.3. The van der Waals surface area contributed by atoms with E-state index >= 15 is 0 Å². The minimum absolute atomic E-state index is 0.214. The molecule has 0 bridgehead atoms. The lowest BCUT2D eigenvalue weighted by atomic mass is 10.0. The molecular formula is C27H29N5O5S. The van der Waals surface area contributed by atoms with E-state index in [-0.39, 0.29) is 11.8 Å². The summed E-state index contributed by atoms with van der Waals surface area (Å²) in [6, 6.07) is 17.4. The van der Waals surface area contributed by atoms with Crippen molar-refractivity contribution < 1.29 is 22.7 Å². The van der Waals surface area contributed by atoms with Gasteiger partial charge in [0.15, 0.2) is 0 Å². The quantitative estimate of drug-likeness (QED) is 0.366. The molecule has 0 radical (unpaired) electrons. The minimum atomic E-state index is -3.47. The lowest BCUT2D eigenvalue weighted by molar-refractivity contribution is 0.0383. The number of para-hydroxylation sites is 1. The lowest BCUT2D eigenvalue weighted by Gasteiger charge is -2.26. The number of ether oxygens (including phenoxy) is 1. The third-order valence-corrected chi connectivity index (χ3v) is 7.00. The molecule has 11 heteroatoms. The van der Waals surface area contributed by atoms with Crippen LogP contribution in [0.2, 0.25) is 0 Å². The molecule has 4 N–H and O–H groups in total. The number of sulfonamides is 1. The number of benzene rings is 3. The zero-order chi connectivity index (χ0) is 26.7. The Bertz CT molecular complexity index is 1480. The van der Waals surface area contributed by atoms with E-state index < -0.39 is 10.0 Å². The highest BCUT2D eigenvalue weighted by molar-refractivity contribution is 7.92. The summed E-state index contributed by atoms with van der Waals surface area (Å²) in [5.74, 6) is -0.528. The zero-order valence-electron chi connectivity index (χ0n) is 20.9. The number of carbonyl (C=O) groups is 2. The Labute approximate surface area is 221 Å². The normalized spacial score (nSPS) is 15.3. The average Bonchev–Trinajstić information content (AvgIpc) is 3.03. The van der Waals surface area contributed by atoms with Crippen molar-refractivity contribution in [2.24, 2.45) is 0 Å². The number of anilines is 4. The maximum atomic E-state index is 13.0. The number of morpholine rings is 1. The summed E-state index contributed by atoms with van der Waals surface area (Å²) in [5, 5.41) is 9.12. The zero-order valence-corrected chi connectivity index (χ0v) is 21.7. The summed E-state index contributed by atoms with van der Waals surface area (Å²) in [6.45, 7) is 4.39. The summed E-state index contributed by atoms with van der Waals surface area (Å²) in [5.41, 5.74) is 4.42. The second-order valence-corrected chi connectivity index (χ2v) is 11.0. The molecule has 2 amide bonds. The van der Waals surface area contributed by atoms with Crippen LogP contribution in [-0.4, -0.2) is 70.8 Å². The molecular weight excluding hydrogens is 506 g/mol.